The summed E-state index contributed by atoms with van der Waals surface area (Å²) in [6.07, 6.45) is 0.359. The lowest BCUT2D eigenvalue weighted by atomic mass is 10.0. The molecule has 0 aromatic carbocycles. The Kier molecular flexibility index (Phi) is 2.90. The van der Waals surface area contributed by atoms with Crippen molar-refractivity contribution in [3.8, 4) is 0 Å². The van der Waals surface area contributed by atoms with E-state index in [0.29, 0.717) is 0 Å². The molecule has 1 rings (SSSR count). The molecule has 14 heavy (non-hydrogen) atoms. The number of hydrogen-bond donors (Lipinski definition) is 1. The maximum atomic E-state index is 13.0. The van der Waals surface area contributed by atoms with Crippen molar-refractivity contribution in [2.75, 3.05) is 0 Å². The highest BCUT2D eigenvalue weighted by atomic mass is 19.3. The van der Waals surface area contributed by atoms with Crippen LogP contribution in [0.5, 0.6) is 0 Å². The fourth-order valence-corrected chi connectivity index (χ4v) is 0.940. The SMILES string of the molecule is CC(=O)C(F)(F)C(O)c1cccnc1. The van der Waals surface area contributed by atoms with E-state index in [-0.39, 0.29) is 5.56 Å². The lowest BCUT2D eigenvalue weighted by Crippen LogP contribution is -2.33. The summed E-state index contributed by atoms with van der Waals surface area (Å²) in [6, 6.07) is 2.70. The molecule has 0 aliphatic rings. The van der Waals surface area contributed by atoms with Crippen molar-refractivity contribution < 1.29 is 18.7 Å². The summed E-state index contributed by atoms with van der Waals surface area (Å²) < 4.78 is 26.0. The molecule has 0 saturated carbocycles. The first-order chi connectivity index (χ1) is 6.46. The van der Waals surface area contributed by atoms with E-state index in [4.69, 9.17) is 0 Å². The summed E-state index contributed by atoms with van der Waals surface area (Å²) in [7, 11) is 0. The number of Topliss-reactive ketones (excluding diaryl/α,β-unsaturated/α-hetero) is 1. The van der Waals surface area contributed by atoms with E-state index in [1.54, 1.807) is 0 Å². The van der Waals surface area contributed by atoms with Gasteiger partial charge < -0.3 is 5.11 Å². The molecule has 0 bridgehead atoms. The first-order valence-corrected chi connectivity index (χ1v) is 3.93. The van der Waals surface area contributed by atoms with Crippen LogP contribution in [0, 0.1) is 0 Å². The van der Waals surface area contributed by atoms with E-state index in [1.165, 1.54) is 18.3 Å². The fourth-order valence-electron chi connectivity index (χ4n) is 0.940. The van der Waals surface area contributed by atoms with Crippen LogP contribution in [0.15, 0.2) is 24.5 Å². The van der Waals surface area contributed by atoms with Gasteiger partial charge in [0.15, 0.2) is 6.10 Å². The summed E-state index contributed by atoms with van der Waals surface area (Å²) in [5.74, 6) is -5.13. The molecule has 76 valence electrons. The topological polar surface area (TPSA) is 50.2 Å². The standard InChI is InChI=1S/C9H9F2NO2/c1-6(13)9(10,11)8(14)7-3-2-4-12-5-7/h2-5,8,14H,1H3. The molecule has 1 aromatic heterocycles. The normalized spacial score (nSPS) is 13.7. The van der Waals surface area contributed by atoms with Crippen LogP contribution in [0.4, 0.5) is 8.78 Å². The number of rotatable bonds is 3. The maximum absolute atomic E-state index is 13.0. The van der Waals surface area contributed by atoms with Gasteiger partial charge in [-0.1, -0.05) is 6.07 Å². The van der Waals surface area contributed by atoms with E-state index in [0.717, 1.165) is 13.1 Å². The predicted molar refractivity (Wildman–Crippen MR) is 44.8 cm³/mol. The number of hydrogen-bond acceptors (Lipinski definition) is 3. The number of aliphatic hydroxyl groups excluding tert-OH is 1. The molecule has 0 fully saturated rings. The fraction of sp³-hybridized carbons (Fsp3) is 0.333. The van der Waals surface area contributed by atoms with Gasteiger partial charge in [0, 0.05) is 24.9 Å². The second kappa shape index (κ2) is 3.79. The first kappa shape index (κ1) is 10.7. The largest absolute Gasteiger partial charge is 0.382 e. The number of ketones is 1. The maximum Gasteiger partial charge on any atom is 0.334 e. The van der Waals surface area contributed by atoms with Crippen LogP contribution in [-0.4, -0.2) is 21.8 Å². The molecule has 1 unspecified atom stereocenters. The summed E-state index contributed by atoms with van der Waals surface area (Å²) >= 11 is 0. The number of carbonyl (C=O) groups excluding carboxylic acids is 1. The average Bonchev–Trinajstić information content (AvgIpc) is 2.17. The zero-order valence-electron chi connectivity index (χ0n) is 7.45. The molecule has 0 amide bonds. The summed E-state index contributed by atoms with van der Waals surface area (Å²) in [4.78, 5) is 14.1. The number of nitrogens with zero attached hydrogens (tertiary/aromatic N) is 1. The number of halogens is 2. The average molecular weight is 201 g/mol. The molecule has 1 atom stereocenters. The third-order valence-corrected chi connectivity index (χ3v) is 1.81. The van der Waals surface area contributed by atoms with Gasteiger partial charge in [-0.15, -0.1) is 0 Å². The van der Waals surface area contributed by atoms with Crippen LogP contribution in [0.2, 0.25) is 0 Å². The number of aliphatic hydroxyl groups is 1. The number of aromatic nitrogens is 1. The van der Waals surface area contributed by atoms with Crippen LogP contribution >= 0.6 is 0 Å². The van der Waals surface area contributed by atoms with Crippen LogP contribution in [0.25, 0.3) is 0 Å². The molecule has 1 aromatic rings. The molecule has 5 heteroatoms. The predicted octanol–water partition coefficient (Wildman–Crippen LogP) is 1.34. The monoisotopic (exact) mass is 201 g/mol. The molecule has 3 nitrogen and oxygen atoms in total. The van der Waals surface area contributed by atoms with Gasteiger partial charge in [0.2, 0.25) is 5.78 Å². The van der Waals surface area contributed by atoms with Gasteiger partial charge in [-0.3, -0.25) is 9.78 Å². The summed E-state index contributed by atoms with van der Waals surface area (Å²) in [5.41, 5.74) is -0.0762. The van der Waals surface area contributed by atoms with Gasteiger partial charge in [0.1, 0.15) is 0 Å². The minimum atomic E-state index is -3.76. The first-order valence-electron chi connectivity index (χ1n) is 3.93. The Morgan fingerprint density at radius 1 is 1.64 bits per heavy atom. The third kappa shape index (κ3) is 1.93. The minimum absolute atomic E-state index is 0.0762. The van der Waals surface area contributed by atoms with Gasteiger partial charge in [-0.2, -0.15) is 8.78 Å². The van der Waals surface area contributed by atoms with Gasteiger partial charge in [0.05, 0.1) is 0 Å². The summed E-state index contributed by atoms with van der Waals surface area (Å²) in [5, 5.41) is 9.21. The highest BCUT2D eigenvalue weighted by Gasteiger charge is 2.44. The second-order valence-corrected chi connectivity index (χ2v) is 2.87. The quantitative estimate of drug-likeness (QED) is 0.802. The van der Waals surface area contributed by atoms with Crippen molar-refractivity contribution >= 4 is 5.78 Å². The Balaban J connectivity index is 2.96. The van der Waals surface area contributed by atoms with Gasteiger partial charge in [-0.05, 0) is 6.07 Å². The van der Waals surface area contributed by atoms with E-state index >= 15 is 0 Å². The van der Waals surface area contributed by atoms with E-state index in [1.807, 2.05) is 0 Å². The van der Waals surface area contributed by atoms with Crippen LogP contribution in [0.1, 0.15) is 18.6 Å². The van der Waals surface area contributed by atoms with Crippen molar-refractivity contribution in [2.45, 2.75) is 19.0 Å². The van der Waals surface area contributed by atoms with Crippen LogP contribution in [-0.2, 0) is 4.79 Å². The van der Waals surface area contributed by atoms with Crippen molar-refractivity contribution in [2.24, 2.45) is 0 Å². The van der Waals surface area contributed by atoms with Gasteiger partial charge >= 0.3 is 5.92 Å². The Bertz CT molecular complexity index is 327. The Morgan fingerprint density at radius 3 is 2.71 bits per heavy atom. The number of alkyl halides is 2. The molecule has 0 saturated heterocycles. The Morgan fingerprint density at radius 2 is 2.29 bits per heavy atom. The zero-order valence-corrected chi connectivity index (χ0v) is 7.45. The molecule has 0 spiro atoms. The summed E-state index contributed by atoms with van der Waals surface area (Å²) in [6.45, 7) is 0.736. The molecule has 0 aliphatic heterocycles. The van der Waals surface area contributed by atoms with E-state index in [9.17, 15) is 18.7 Å². The zero-order chi connectivity index (χ0) is 10.8. The lowest BCUT2D eigenvalue weighted by molar-refractivity contribution is -0.159. The lowest BCUT2D eigenvalue weighted by Gasteiger charge is -2.19. The van der Waals surface area contributed by atoms with Crippen molar-refractivity contribution in [3.63, 3.8) is 0 Å². The molecule has 0 radical (unpaired) electrons. The van der Waals surface area contributed by atoms with Crippen molar-refractivity contribution in [3.05, 3.63) is 30.1 Å². The minimum Gasteiger partial charge on any atom is -0.382 e. The van der Waals surface area contributed by atoms with Gasteiger partial charge in [-0.25, -0.2) is 0 Å². The van der Waals surface area contributed by atoms with Crippen molar-refractivity contribution in [1.82, 2.24) is 4.98 Å². The molecule has 1 heterocycles. The molecule has 0 aliphatic carbocycles. The Hall–Kier alpha value is -1.36. The highest BCUT2D eigenvalue weighted by Crippen LogP contribution is 2.31. The molecular weight excluding hydrogens is 192 g/mol. The smallest absolute Gasteiger partial charge is 0.334 e. The van der Waals surface area contributed by atoms with Crippen LogP contribution in [0.3, 0.4) is 0 Å². The molecule has 1 N–H and O–H groups in total. The third-order valence-electron chi connectivity index (χ3n) is 1.81. The highest BCUT2D eigenvalue weighted by molar-refractivity contribution is 5.83. The van der Waals surface area contributed by atoms with E-state index < -0.39 is 17.8 Å². The number of carbonyl (C=O) groups is 1. The van der Waals surface area contributed by atoms with E-state index in [2.05, 4.69) is 4.98 Å². The van der Waals surface area contributed by atoms with Gasteiger partial charge in [0.25, 0.3) is 0 Å². The van der Waals surface area contributed by atoms with Crippen molar-refractivity contribution in [1.29, 1.82) is 0 Å². The number of pyridine rings is 1. The Labute approximate surface area is 79.4 Å². The second-order valence-electron chi connectivity index (χ2n) is 2.87. The molecular formula is C9H9F2NO2. The van der Waals surface area contributed by atoms with Crippen LogP contribution < -0.4 is 0 Å².